The fourth-order valence-electron chi connectivity index (χ4n) is 2.68. The lowest BCUT2D eigenvalue weighted by Crippen LogP contribution is -2.00. The summed E-state index contributed by atoms with van der Waals surface area (Å²) in [7, 11) is 0. The van der Waals surface area contributed by atoms with Crippen molar-refractivity contribution < 1.29 is 4.74 Å². The number of ether oxygens (including phenoxy) is 1. The van der Waals surface area contributed by atoms with Crippen molar-refractivity contribution >= 4 is 11.0 Å². The summed E-state index contributed by atoms with van der Waals surface area (Å²) in [5.41, 5.74) is 5.88. The van der Waals surface area contributed by atoms with E-state index in [1.807, 2.05) is 30.7 Å². The van der Waals surface area contributed by atoms with Crippen molar-refractivity contribution in [2.45, 2.75) is 34.2 Å². The van der Waals surface area contributed by atoms with Crippen LogP contribution in [0.1, 0.15) is 25.1 Å². The van der Waals surface area contributed by atoms with Gasteiger partial charge >= 0.3 is 0 Å². The molecule has 3 aromatic heterocycles. The third-order valence-corrected chi connectivity index (χ3v) is 3.69. The number of aryl methyl sites for hydroxylation is 3. The van der Waals surface area contributed by atoms with Crippen molar-refractivity contribution in [1.82, 2.24) is 19.7 Å². The molecule has 0 aliphatic rings. The van der Waals surface area contributed by atoms with Crippen LogP contribution in [-0.2, 0) is 6.54 Å². The molecule has 5 heteroatoms. The minimum absolute atomic E-state index is 0.581. The van der Waals surface area contributed by atoms with E-state index in [1.54, 1.807) is 6.20 Å². The molecule has 0 radical (unpaired) electrons. The Balaban J connectivity index is 2.24. The predicted octanol–water partition coefficient (Wildman–Crippen LogP) is 3.53. The van der Waals surface area contributed by atoms with Crippen LogP contribution >= 0.6 is 0 Å². The zero-order chi connectivity index (χ0) is 15.7. The van der Waals surface area contributed by atoms with Gasteiger partial charge in [-0.1, -0.05) is 0 Å². The fraction of sp³-hybridized carbons (Fsp3) is 0.353. The highest BCUT2D eigenvalue weighted by atomic mass is 16.5. The van der Waals surface area contributed by atoms with Crippen LogP contribution in [0.15, 0.2) is 24.4 Å². The van der Waals surface area contributed by atoms with E-state index in [9.17, 15) is 0 Å². The highest BCUT2D eigenvalue weighted by molar-refractivity contribution is 5.83. The summed E-state index contributed by atoms with van der Waals surface area (Å²) in [5, 5.41) is 4.55. The van der Waals surface area contributed by atoms with Crippen LogP contribution in [0.25, 0.3) is 22.3 Å². The maximum absolute atomic E-state index is 5.64. The van der Waals surface area contributed by atoms with Gasteiger partial charge in [-0.2, -0.15) is 5.10 Å². The molecule has 0 spiro atoms. The molecule has 3 rings (SSSR count). The van der Waals surface area contributed by atoms with Crippen LogP contribution in [0.2, 0.25) is 0 Å². The molecule has 0 amide bonds. The highest BCUT2D eigenvalue weighted by Gasteiger charge is 2.15. The van der Waals surface area contributed by atoms with E-state index in [0.29, 0.717) is 12.5 Å². The van der Waals surface area contributed by atoms with E-state index >= 15 is 0 Å². The van der Waals surface area contributed by atoms with E-state index in [0.717, 1.165) is 40.1 Å². The lowest BCUT2D eigenvalue weighted by Gasteiger charge is -2.11. The summed E-state index contributed by atoms with van der Waals surface area (Å²) in [5.74, 6) is 0.625. The maximum atomic E-state index is 5.64. The molecule has 0 aliphatic carbocycles. The summed E-state index contributed by atoms with van der Waals surface area (Å²) in [4.78, 5) is 9.18. The topological polar surface area (TPSA) is 52.8 Å². The Bertz CT molecular complexity index is 823. The molecule has 0 saturated carbocycles. The van der Waals surface area contributed by atoms with Crippen LogP contribution < -0.4 is 4.74 Å². The molecule has 0 fully saturated rings. The van der Waals surface area contributed by atoms with E-state index < -0.39 is 0 Å². The summed E-state index contributed by atoms with van der Waals surface area (Å²) in [6.45, 7) is 9.51. The summed E-state index contributed by atoms with van der Waals surface area (Å²) >= 11 is 0. The maximum Gasteiger partial charge on any atom is 0.222 e. The first-order valence-electron chi connectivity index (χ1n) is 7.58. The van der Waals surface area contributed by atoms with Gasteiger partial charge < -0.3 is 4.74 Å². The Hall–Kier alpha value is -2.43. The minimum atomic E-state index is 0.581. The van der Waals surface area contributed by atoms with Crippen LogP contribution in [0, 0.1) is 13.8 Å². The molecular weight excluding hydrogens is 276 g/mol. The molecule has 22 heavy (non-hydrogen) atoms. The largest absolute Gasteiger partial charge is 0.477 e. The Kier molecular flexibility index (Phi) is 3.79. The number of fused-ring (bicyclic) bond motifs is 1. The van der Waals surface area contributed by atoms with E-state index in [2.05, 4.69) is 30.0 Å². The number of pyridine rings is 2. The van der Waals surface area contributed by atoms with Crippen molar-refractivity contribution in [2.75, 3.05) is 6.61 Å². The Morgan fingerprint density at radius 2 is 2.05 bits per heavy atom. The third-order valence-electron chi connectivity index (χ3n) is 3.69. The molecular formula is C17H20N4O. The van der Waals surface area contributed by atoms with Gasteiger partial charge in [0.2, 0.25) is 5.88 Å². The third kappa shape index (κ3) is 2.32. The molecule has 0 aliphatic heterocycles. The van der Waals surface area contributed by atoms with Crippen molar-refractivity contribution in [3.8, 4) is 17.1 Å². The molecule has 0 saturated heterocycles. The average molecular weight is 296 g/mol. The SMILES string of the molecule is CCOc1ncccc1-c1nc2c(C)nn(CC)c2cc1C. The van der Waals surface area contributed by atoms with Gasteiger partial charge in [-0.3, -0.25) is 4.68 Å². The van der Waals surface area contributed by atoms with Gasteiger partial charge in [-0.15, -0.1) is 0 Å². The first-order chi connectivity index (χ1) is 10.7. The highest BCUT2D eigenvalue weighted by Crippen LogP contribution is 2.31. The second-order valence-corrected chi connectivity index (χ2v) is 5.21. The van der Waals surface area contributed by atoms with Crippen molar-refractivity contribution in [3.63, 3.8) is 0 Å². The molecule has 0 aromatic carbocycles. The van der Waals surface area contributed by atoms with Gasteiger partial charge in [0.05, 0.1) is 29.1 Å². The molecule has 0 N–H and O–H groups in total. The van der Waals surface area contributed by atoms with Gasteiger partial charge in [0, 0.05) is 12.7 Å². The fourth-order valence-corrected chi connectivity index (χ4v) is 2.68. The lowest BCUT2D eigenvalue weighted by molar-refractivity contribution is 0.328. The van der Waals surface area contributed by atoms with Gasteiger partial charge in [0.25, 0.3) is 0 Å². The Labute approximate surface area is 130 Å². The monoisotopic (exact) mass is 296 g/mol. The molecule has 0 bridgehead atoms. The predicted molar refractivity (Wildman–Crippen MR) is 87.1 cm³/mol. The van der Waals surface area contributed by atoms with Crippen molar-refractivity contribution in [2.24, 2.45) is 0 Å². The molecule has 5 nitrogen and oxygen atoms in total. The van der Waals surface area contributed by atoms with Crippen LogP contribution in [0.5, 0.6) is 5.88 Å². The summed E-state index contributed by atoms with van der Waals surface area (Å²) in [6, 6.07) is 6.05. The standard InChI is InChI=1S/C17H20N4O/c1-5-21-14-10-11(3)15(19-16(14)12(4)20-21)13-8-7-9-18-17(13)22-6-2/h7-10H,5-6H2,1-4H3. The van der Waals surface area contributed by atoms with Gasteiger partial charge in [0.1, 0.15) is 5.52 Å². The van der Waals surface area contributed by atoms with Crippen LogP contribution in [0.4, 0.5) is 0 Å². The van der Waals surface area contributed by atoms with E-state index in [-0.39, 0.29) is 0 Å². The molecule has 114 valence electrons. The molecule has 3 heterocycles. The second kappa shape index (κ2) is 5.75. The molecule has 0 atom stereocenters. The van der Waals surface area contributed by atoms with Crippen molar-refractivity contribution in [1.29, 1.82) is 0 Å². The number of hydrogen-bond acceptors (Lipinski definition) is 4. The average Bonchev–Trinajstić information content (AvgIpc) is 2.83. The van der Waals surface area contributed by atoms with Gasteiger partial charge in [-0.25, -0.2) is 9.97 Å². The van der Waals surface area contributed by atoms with Gasteiger partial charge in [0.15, 0.2) is 0 Å². The smallest absolute Gasteiger partial charge is 0.222 e. The van der Waals surface area contributed by atoms with E-state index in [1.165, 1.54) is 0 Å². The van der Waals surface area contributed by atoms with Crippen LogP contribution in [-0.4, -0.2) is 26.4 Å². The Morgan fingerprint density at radius 3 is 2.77 bits per heavy atom. The zero-order valence-electron chi connectivity index (χ0n) is 13.4. The van der Waals surface area contributed by atoms with Crippen LogP contribution in [0.3, 0.4) is 0 Å². The lowest BCUT2D eigenvalue weighted by atomic mass is 10.1. The summed E-state index contributed by atoms with van der Waals surface area (Å²) in [6.07, 6.45) is 1.74. The number of rotatable bonds is 4. The molecule has 0 unspecified atom stereocenters. The number of hydrogen-bond donors (Lipinski definition) is 0. The zero-order valence-corrected chi connectivity index (χ0v) is 13.4. The first-order valence-corrected chi connectivity index (χ1v) is 7.58. The Morgan fingerprint density at radius 1 is 1.23 bits per heavy atom. The van der Waals surface area contributed by atoms with Crippen molar-refractivity contribution in [3.05, 3.63) is 35.7 Å². The quantitative estimate of drug-likeness (QED) is 0.739. The normalized spacial score (nSPS) is 11.1. The molecule has 3 aromatic rings. The van der Waals surface area contributed by atoms with Gasteiger partial charge in [-0.05, 0) is 51.5 Å². The summed E-state index contributed by atoms with van der Waals surface area (Å²) < 4.78 is 7.63. The number of nitrogens with zero attached hydrogens (tertiary/aromatic N) is 4. The number of aromatic nitrogens is 4. The van der Waals surface area contributed by atoms with E-state index in [4.69, 9.17) is 9.72 Å². The minimum Gasteiger partial charge on any atom is -0.477 e. The second-order valence-electron chi connectivity index (χ2n) is 5.21. The first kappa shape index (κ1) is 14.5.